The number of fused-ring (bicyclic) bond motifs is 1. The predicted octanol–water partition coefficient (Wildman–Crippen LogP) is 5.49. The summed E-state index contributed by atoms with van der Waals surface area (Å²) >= 11 is 18.3. The fourth-order valence-corrected chi connectivity index (χ4v) is 3.05. The smallest absolute Gasteiger partial charge is 0.232 e. The van der Waals surface area contributed by atoms with Crippen molar-refractivity contribution in [1.82, 2.24) is 14.9 Å². The number of benzene rings is 2. The summed E-state index contributed by atoms with van der Waals surface area (Å²) in [6.45, 7) is 1.70. The van der Waals surface area contributed by atoms with Crippen LogP contribution in [0.5, 0.6) is 0 Å². The third kappa shape index (κ3) is 5.45. The maximum absolute atomic E-state index is 6.09. The molecule has 0 aliphatic heterocycles. The van der Waals surface area contributed by atoms with Gasteiger partial charge in [0, 0.05) is 12.1 Å². The van der Waals surface area contributed by atoms with E-state index in [1.54, 1.807) is 6.07 Å². The summed E-state index contributed by atoms with van der Waals surface area (Å²) in [5.74, 6) is 0.459. The van der Waals surface area contributed by atoms with Gasteiger partial charge in [0.15, 0.2) is 0 Å². The molecule has 0 amide bonds. The molecule has 142 valence electrons. The van der Waals surface area contributed by atoms with E-state index in [9.17, 15) is 0 Å². The molecular formula is C20H21Cl3N4. The number of halogens is 3. The third-order valence-electron chi connectivity index (χ3n) is 4.13. The summed E-state index contributed by atoms with van der Waals surface area (Å²) in [5, 5.41) is 5.53. The lowest BCUT2D eigenvalue weighted by Gasteiger charge is -2.15. The number of rotatable bonds is 6. The monoisotopic (exact) mass is 422 g/mol. The molecule has 7 heteroatoms. The Kier molecular flexibility index (Phi) is 6.43. The van der Waals surface area contributed by atoms with E-state index >= 15 is 0 Å². The van der Waals surface area contributed by atoms with E-state index in [0.717, 1.165) is 30.5 Å². The number of anilines is 1. The Morgan fingerprint density at radius 1 is 0.963 bits per heavy atom. The summed E-state index contributed by atoms with van der Waals surface area (Å²) in [7, 11) is 4.08. The molecule has 3 rings (SSSR count). The van der Waals surface area contributed by atoms with Crippen molar-refractivity contribution in [2.45, 2.75) is 10.2 Å². The van der Waals surface area contributed by atoms with E-state index in [2.05, 4.69) is 44.5 Å². The minimum absolute atomic E-state index is 0.348. The lowest BCUT2D eigenvalue weighted by molar-refractivity contribution is 0.405. The van der Waals surface area contributed by atoms with Gasteiger partial charge < -0.3 is 10.2 Å². The van der Waals surface area contributed by atoms with Crippen LogP contribution in [0.15, 0.2) is 48.5 Å². The topological polar surface area (TPSA) is 41.0 Å². The second-order valence-corrected chi connectivity index (χ2v) is 8.89. The minimum atomic E-state index is -1.62. The molecule has 1 N–H and O–H groups in total. The Labute approximate surface area is 174 Å². The van der Waals surface area contributed by atoms with Gasteiger partial charge in [0.2, 0.25) is 9.74 Å². The van der Waals surface area contributed by atoms with Crippen molar-refractivity contribution in [3.05, 3.63) is 54.2 Å². The van der Waals surface area contributed by atoms with Crippen molar-refractivity contribution in [2.24, 2.45) is 0 Å². The van der Waals surface area contributed by atoms with Crippen LogP contribution in [0, 0.1) is 0 Å². The summed E-state index contributed by atoms with van der Waals surface area (Å²) in [6.07, 6.45) is 0.958. The van der Waals surface area contributed by atoms with Crippen LogP contribution < -0.4 is 5.32 Å². The first-order valence-electron chi connectivity index (χ1n) is 8.67. The van der Waals surface area contributed by atoms with Crippen molar-refractivity contribution < 1.29 is 0 Å². The van der Waals surface area contributed by atoms with Crippen molar-refractivity contribution in [1.29, 1.82) is 0 Å². The molecule has 4 nitrogen and oxygen atoms in total. The van der Waals surface area contributed by atoms with E-state index in [0.29, 0.717) is 17.3 Å². The largest absolute Gasteiger partial charge is 0.354 e. The van der Waals surface area contributed by atoms with Gasteiger partial charge in [-0.3, -0.25) is 0 Å². The van der Waals surface area contributed by atoms with Crippen molar-refractivity contribution >= 4 is 51.5 Å². The summed E-state index contributed by atoms with van der Waals surface area (Å²) < 4.78 is -1.62. The van der Waals surface area contributed by atoms with Crippen LogP contribution in [0.1, 0.15) is 12.1 Å². The average Bonchev–Trinajstić information content (AvgIpc) is 2.64. The zero-order valence-electron chi connectivity index (χ0n) is 15.2. The molecule has 0 saturated heterocycles. The van der Waals surface area contributed by atoms with Gasteiger partial charge >= 0.3 is 0 Å². The lowest BCUT2D eigenvalue weighted by Crippen LogP contribution is -2.17. The van der Waals surface area contributed by atoms with Crippen molar-refractivity contribution in [3.8, 4) is 11.3 Å². The van der Waals surface area contributed by atoms with Gasteiger partial charge in [0.25, 0.3) is 0 Å². The third-order valence-corrected chi connectivity index (χ3v) is 4.71. The van der Waals surface area contributed by atoms with Gasteiger partial charge in [-0.05, 0) is 50.0 Å². The summed E-state index contributed by atoms with van der Waals surface area (Å²) in [4.78, 5) is 11.1. The molecule has 2 aromatic carbocycles. The fourth-order valence-electron chi connectivity index (χ4n) is 2.76. The van der Waals surface area contributed by atoms with Gasteiger partial charge in [0.05, 0.1) is 11.4 Å². The van der Waals surface area contributed by atoms with Gasteiger partial charge in [-0.1, -0.05) is 71.2 Å². The van der Waals surface area contributed by atoms with Crippen LogP contribution >= 0.6 is 34.8 Å². The standard InChI is InChI=1S/C20H21Cl3N4/c1-27(2)11-5-10-24-19-25-17(13-18(26-19)20(21,22)23)16-9-8-14-6-3-4-7-15(14)12-16/h3-4,6-9,12-13H,5,10-11H2,1-2H3,(H,24,25,26). The first kappa shape index (κ1) is 20.2. The fraction of sp³-hybridized carbons (Fsp3) is 0.300. The van der Waals surface area contributed by atoms with Crippen LogP contribution in [0.3, 0.4) is 0 Å². The van der Waals surface area contributed by atoms with Crippen molar-refractivity contribution in [3.63, 3.8) is 0 Å². The van der Waals surface area contributed by atoms with E-state index in [1.165, 1.54) is 5.39 Å². The maximum atomic E-state index is 6.09. The first-order chi connectivity index (χ1) is 12.8. The quantitative estimate of drug-likeness (QED) is 0.420. The van der Waals surface area contributed by atoms with Gasteiger partial charge in [-0.25, -0.2) is 9.97 Å². The van der Waals surface area contributed by atoms with Gasteiger partial charge in [-0.2, -0.15) is 0 Å². The molecule has 1 aromatic heterocycles. The first-order valence-corrected chi connectivity index (χ1v) is 9.80. The zero-order valence-corrected chi connectivity index (χ0v) is 17.5. The number of hydrogen-bond donors (Lipinski definition) is 1. The number of hydrogen-bond acceptors (Lipinski definition) is 4. The second-order valence-electron chi connectivity index (χ2n) is 6.61. The van der Waals surface area contributed by atoms with Gasteiger partial charge in [-0.15, -0.1) is 0 Å². The normalized spacial score (nSPS) is 11.9. The molecule has 1 heterocycles. The molecule has 0 fully saturated rings. The Morgan fingerprint density at radius 2 is 1.70 bits per heavy atom. The van der Waals surface area contributed by atoms with E-state index < -0.39 is 3.79 Å². The average molecular weight is 424 g/mol. The molecule has 0 aliphatic rings. The van der Waals surface area contributed by atoms with Crippen LogP contribution in [0.4, 0.5) is 5.95 Å². The highest BCUT2D eigenvalue weighted by Crippen LogP contribution is 2.38. The molecule has 0 aliphatic carbocycles. The van der Waals surface area contributed by atoms with E-state index in [-0.39, 0.29) is 0 Å². The molecule has 0 bridgehead atoms. The highest BCUT2D eigenvalue weighted by atomic mass is 35.6. The van der Waals surface area contributed by atoms with Gasteiger partial charge in [0.1, 0.15) is 0 Å². The van der Waals surface area contributed by atoms with Crippen molar-refractivity contribution in [2.75, 3.05) is 32.5 Å². The van der Waals surface area contributed by atoms with Crippen LogP contribution in [-0.2, 0) is 3.79 Å². The molecule has 0 atom stereocenters. The van der Waals surface area contributed by atoms with Crippen LogP contribution in [0.2, 0.25) is 0 Å². The maximum Gasteiger partial charge on any atom is 0.232 e. The molecule has 0 unspecified atom stereocenters. The number of nitrogens with zero attached hydrogens (tertiary/aromatic N) is 3. The molecule has 0 radical (unpaired) electrons. The Balaban J connectivity index is 1.93. The SMILES string of the molecule is CN(C)CCCNc1nc(-c2ccc3ccccc3c2)cc(C(Cl)(Cl)Cl)n1. The number of alkyl halides is 3. The van der Waals surface area contributed by atoms with Crippen LogP contribution in [0.25, 0.3) is 22.0 Å². The minimum Gasteiger partial charge on any atom is -0.354 e. The summed E-state index contributed by atoms with van der Waals surface area (Å²) in [6, 6.07) is 16.0. The predicted molar refractivity (Wildman–Crippen MR) is 116 cm³/mol. The highest BCUT2D eigenvalue weighted by Gasteiger charge is 2.26. The molecule has 0 spiro atoms. The number of aromatic nitrogens is 2. The van der Waals surface area contributed by atoms with Crippen LogP contribution in [-0.4, -0.2) is 42.1 Å². The molecular weight excluding hydrogens is 403 g/mol. The van der Waals surface area contributed by atoms with E-state index in [1.807, 2.05) is 32.3 Å². The zero-order chi connectivity index (χ0) is 19.4. The molecule has 0 saturated carbocycles. The lowest BCUT2D eigenvalue weighted by atomic mass is 10.0. The number of nitrogens with one attached hydrogen (secondary N) is 1. The van der Waals surface area contributed by atoms with E-state index in [4.69, 9.17) is 34.8 Å². The second kappa shape index (κ2) is 8.61. The Morgan fingerprint density at radius 3 is 2.41 bits per heavy atom. The highest BCUT2D eigenvalue weighted by molar-refractivity contribution is 6.66. The molecule has 3 aromatic rings. The Hall–Kier alpha value is -1.59. The molecule has 27 heavy (non-hydrogen) atoms. The summed E-state index contributed by atoms with van der Waals surface area (Å²) in [5.41, 5.74) is 2.01. The Bertz CT molecular complexity index is 922.